The molecular formula is C16H14N2OS. The van der Waals surface area contributed by atoms with Gasteiger partial charge in [0.05, 0.1) is 0 Å². The van der Waals surface area contributed by atoms with Crippen molar-refractivity contribution in [1.29, 1.82) is 0 Å². The zero-order valence-electron chi connectivity index (χ0n) is 10.8. The third-order valence-electron chi connectivity index (χ3n) is 3.19. The maximum Gasteiger partial charge on any atom is 0.248 e. The molecule has 0 radical (unpaired) electrons. The first-order chi connectivity index (χ1) is 9.72. The van der Waals surface area contributed by atoms with Crippen LogP contribution >= 0.6 is 11.3 Å². The van der Waals surface area contributed by atoms with Crippen LogP contribution in [0.4, 0.5) is 5.69 Å². The lowest BCUT2D eigenvalue weighted by atomic mass is 10.1. The number of amides is 1. The summed E-state index contributed by atoms with van der Waals surface area (Å²) in [5.74, 6) is -0.396. The van der Waals surface area contributed by atoms with Gasteiger partial charge in [0, 0.05) is 22.5 Å². The highest BCUT2D eigenvalue weighted by Crippen LogP contribution is 2.24. The van der Waals surface area contributed by atoms with Gasteiger partial charge < -0.3 is 11.1 Å². The van der Waals surface area contributed by atoms with Gasteiger partial charge in [-0.05, 0) is 52.7 Å². The largest absolute Gasteiger partial charge is 0.381 e. The molecular weight excluding hydrogens is 268 g/mol. The number of hydrogen-bond donors (Lipinski definition) is 2. The molecule has 3 nitrogen and oxygen atoms in total. The van der Waals surface area contributed by atoms with Crippen LogP contribution in [0.2, 0.25) is 0 Å². The van der Waals surface area contributed by atoms with Gasteiger partial charge in [-0.1, -0.05) is 12.1 Å². The van der Waals surface area contributed by atoms with Crippen molar-refractivity contribution in [2.45, 2.75) is 6.54 Å². The van der Waals surface area contributed by atoms with E-state index >= 15 is 0 Å². The minimum absolute atomic E-state index is 0.396. The summed E-state index contributed by atoms with van der Waals surface area (Å²) in [5, 5.41) is 6.73. The summed E-state index contributed by atoms with van der Waals surface area (Å²) in [7, 11) is 0. The number of benzene rings is 2. The molecule has 0 aliphatic rings. The molecule has 20 heavy (non-hydrogen) atoms. The summed E-state index contributed by atoms with van der Waals surface area (Å²) < 4.78 is 1.29. The molecule has 4 heteroatoms. The van der Waals surface area contributed by atoms with Gasteiger partial charge in [-0.15, -0.1) is 11.3 Å². The third-order valence-corrected chi connectivity index (χ3v) is 4.09. The Morgan fingerprint density at radius 3 is 2.65 bits per heavy atom. The Hall–Kier alpha value is -2.33. The van der Waals surface area contributed by atoms with Crippen molar-refractivity contribution in [2.24, 2.45) is 5.73 Å². The summed E-state index contributed by atoms with van der Waals surface area (Å²) in [4.78, 5) is 11.0. The number of anilines is 1. The molecule has 0 saturated heterocycles. The van der Waals surface area contributed by atoms with Crippen LogP contribution < -0.4 is 11.1 Å². The Balaban J connectivity index is 1.70. The molecule has 100 valence electrons. The normalized spacial score (nSPS) is 10.6. The van der Waals surface area contributed by atoms with Crippen molar-refractivity contribution in [3.05, 3.63) is 65.0 Å². The van der Waals surface area contributed by atoms with Crippen LogP contribution in [0.1, 0.15) is 15.9 Å². The fraction of sp³-hybridized carbons (Fsp3) is 0.0625. The van der Waals surface area contributed by atoms with Crippen LogP contribution in [0.15, 0.2) is 53.9 Å². The second-order valence-electron chi connectivity index (χ2n) is 4.59. The lowest BCUT2D eigenvalue weighted by molar-refractivity contribution is 0.100. The number of primary amides is 1. The highest BCUT2D eigenvalue weighted by molar-refractivity contribution is 7.17. The van der Waals surface area contributed by atoms with Crippen molar-refractivity contribution in [1.82, 2.24) is 0 Å². The number of hydrogen-bond acceptors (Lipinski definition) is 3. The van der Waals surface area contributed by atoms with Crippen LogP contribution in [0.25, 0.3) is 10.1 Å². The summed E-state index contributed by atoms with van der Waals surface area (Å²) in [6.45, 7) is 0.717. The molecule has 3 N–H and O–H groups in total. The Bertz CT molecular complexity index is 747. The molecule has 1 heterocycles. The SMILES string of the molecule is NC(=O)c1ccc(CNc2ccc3sccc3c2)cc1. The highest BCUT2D eigenvalue weighted by atomic mass is 32.1. The Morgan fingerprint density at radius 2 is 1.90 bits per heavy atom. The van der Waals surface area contributed by atoms with Gasteiger partial charge in [-0.3, -0.25) is 4.79 Å². The molecule has 0 saturated carbocycles. The van der Waals surface area contributed by atoms with Crippen LogP contribution in [0.5, 0.6) is 0 Å². The van der Waals surface area contributed by atoms with Crippen LogP contribution in [-0.2, 0) is 6.54 Å². The van der Waals surface area contributed by atoms with Crippen molar-refractivity contribution < 1.29 is 4.79 Å². The molecule has 0 bridgehead atoms. The van der Waals surface area contributed by atoms with Crippen molar-refractivity contribution in [2.75, 3.05) is 5.32 Å². The summed E-state index contributed by atoms with van der Waals surface area (Å²) >= 11 is 1.74. The zero-order chi connectivity index (χ0) is 13.9. The highest BCUT2D eigenvalue weighted by Gasteiger charge is 2.01. The second-order valence-corrected chi connectivity index (χ2v) is 5.54. The van der Waals surface area contributed by atoms with E-state index in [-0.39, 0.29) is 0 Å². The number of thiophene rings is 1. The van der Waals surface area contributed by atoms with E-state index in [0.717, 1.165) is 11.3 Å². The lowest BCUT2D eigenvalue weighted by Gasteiger charge is -2.07. The number of nitrogens with one attached hydrogen (secondary N) is 1. The van der Waals surface area contributed by atoms with Crippen LogP contribution in [-0.4, -0.2) is 5.91 Å². The van der Waals surface area contributed by atoms with Crippen LogP contribution in [0.3, 0.4) is 0 Å². The van der Waals surface area contributed by atoms with E-state index in [1.54, 1.807) is 23.5 Å². The zero-order valence-corrected chi connectivity index (χ0v) is 11.6. The summed E-state index contributed by atoms with van der Waals surface area (Å²) in [5.41, 5.74) is 7.96. The fourth-order valence-electron chi connectivity index (χ4n) is 2.07. The predicted octanol–water partition coefficient (Wildman–Crippen LogP) is 3.61. The van der Waals surface area contributed by atoms with E-state index in [2.05, 4.69) is 35.0 Å². The molecule has 0 fully saturated rings. The average Bonchev–Trinajstić information content (AvgIpc) is 2.93. The van der Waals surface area contributed by atoms with Gasteiger partial charge in [0.25, 0.3) is 0 Å². The van der Waals surface area contributed by atoms with Gasteiger partial charge in [-0.2, -0.15) is 0 Å². The third kappa shape index (κ3) is 2.65. The van der Waals surface area contributed by atoms with Crippen molar-refractivity contribution in [3.63, 3.8) is 0 Å². The van der Waals surface area contributed by atoms with E-state index in [1.807, 2.05) is 12.1 Å². The molecule has 0 spiro atoms. The second kappa shape index (κ2) is 5.35. The van der Waals surface area contributed by atoms with Gasteiger partial charge in [0.2, 0.25) is 5.91 Å². The molecule has 0 aliphatic carbocycles. The predicted molar refractivity (Wildman–Crippen MR) is 84.1 cm³/mol. The van der Waals surface area contributed by atoms with E-state index in [1.165, 1.54) is 10.1 Å². The van der Waals surface area contributed by atoms with E-state index in [4.69, 9.17) is 5.73 Å². The Kier molecular flexibility index (Phi) is 3.39. The van der Waals surface area contributed by atoms with Gasteiger partial charge in [0.1, 0.15) is 0 Å². The molecule has 3 rings (SSSR count). The monoisotopic (exact) mass is 282 g/mol. The maximum atomic E-state index is 11.0. The van der Waals surface area contributed by atoms with Gasteiger partial charge in [-0.25, -0.2) is 0 Å². The minimum atomic E-state index is -0.396. The van der Waals surface area contributed by atoms with E-state index < -0.39 is 5.91 Å². The van der Waals surface area contributed by atoms with Gasteiger partial charge >= 0.3 is 0 Å². The number of carbonyl (C=O) groups excluding carboxylic acids is 1. The molecule has 1 aromatic heterocycles. The maximum absolute atomic E-state index is 11.0. The lowest BCUT2D eigenvalue weighted by Crippen LogP contribution is -2.10. The molecule has 0 unspecified atom stereocenters. The first-order valence-corrected chi connectivity index (χ1v) is 7.20. The van der Waals surface area contributed by atoms with Crippen molar-refractivity contribution >= 4 is 33.0 Å². The number of fused-ring (bicyclic) bond motifs is 1. The van der Waals surface area contributed by atoms with E-state index in [9.17, 15) is 4.79 Å². The molecule has 2 aromatic carbocycles. The number of carbonyl (C=O) groups is 1. The fourth-order valence-corrected chi connectivity index (χ4v) is 2.84. The molecule has 1 amide bonds. The van der Waals surface area contributed by atoms with Crippen molar-refractivity contribution in [3.8, 4) is 0 Å². The summed E-state index contributed by atoms with van der Waals surface area (Å²) in [6.07, 6.45) is 0. The minimum Gasteiger partial charge on any atom is -0.381 e. The molecule has 3 aromatic rings. The first-order valence-electron chi connectivity index (χ1n) is 6.32. The van der Waals surface area contributed by atoms with E-state index in [0.29, 0.717) is 12.1 Å². The average molecular weight is 282 g/mol. The van der Waals surface area contributed by atoms with Crippen LogP contribution in [0, 0.1) is 0 Å². The topological polar surface area (TPSA) is 55.1 Å². The number of nitrogens with two attached hydrogens (primary N) is 1. The first kappa shape index (κ1) is 12.7. The Morgan fingerprint density at radius 1 is 1.10 bits per heavy atom. The standard InChI is InChI=1S/C16H14N2OS/c17-16(19)12-3-1-11(2-4-12)10-18-14-5-6-15-13(9-14)7-8-20-15/h1-9,18H,10H2,(H2,17,19). The number of rotatable bonds is 4. The van der Waals surface area contributed by atoms with Gasteiger partial charge in [0.15, 0.2) is 0 Å². The Labute approximate surface area is 121 Å². The molecule has 0 atom stereocenters. The smallest absolute Gasteiger partial charge is 0.248 e. The molecule has 0 aliphatic heterocycles. The summed E-state index contributed by atoms with van der Waals surface area (Å²) in [6, 6.07) is 15.8. The quantitative estimate of drug-likeness (QED) is 0.768.